The molecule has 0 fully saturated rings. The first kappa shape index (κ1) is 17.5. The Bertz CT molecular complexity index is 606. The van der Waals surface area contributed by atoms with Crippen LogP contribution in [0.3, 0.4) is 0 Å². The van der Waals surface area contributed by atoms with Gasteiger partial charge in [-0.15, -0.1) is 0 Å². The van der Waals surface area contributed by atoms with Crippen molar-refractivity contribution in [3.05, 3.63) is 34.1 Å². The highest BCUT2D eigenvalue weighted by molar-refractivity contribution is 7.89. The summed E-state index contributed by atoms with van der Waals surface area (Å²) >= 11 is 0. The Kier molecular flexibility index (Phi) is 6.19. The first-order valence-corrected chi connectivity index (χ1v) is 7.85. The average Bonchev–Trinajstić information content (AvgIpc) is 2.42. The van der Waals surface area contributed by atoms with Crippen molar-refractivity contribution in [2.75, 3.05) is 13.2 Å². The molecule has 21 heavy (non-hydrogen) atoms. The van der Waals surface area contributed by atoms with Gasteiger partial charge in [0.15, 0.2) is 4.90 Å². The van der Waals surface area contributed by atoms with Crippen LogP contribution < -0.4 is 4.72 Å². The number of hydrogen-bond donors (Lipinski definition) is 2. The molecule has 1 aromatic rings. The van der Waals surface area contributed by atoms with Gasteiger partial charge in [-0.25, -0.2) is 13.1 Å². The fourth-order valence-electron chi connectivity index (χ4n) is 1.83. The number of rotatable bonds is 8. The molecule has 9 heteroatoms. The van der Waals surface area contributed by atoms with E-state index >= 15 is 0 Å². The van der Waals surface area contributed by atoms with E-state index in [0.29, 0.717) is 12.8 Å². The first-order valence-electron chi connectivity index (χ1n) is 6.36. The van der Waals surface area contributed by atoms with Crippen LogP contribution in [0, 0.1) is 21.8 Å². The topological polar surface area (TPSA) is 110 Å². The SMILES string of the molecule is CCC(CCO)CNS(=O)(=O)c1cccc(F)c1[N+](=O)[O-]. The van der Waals surface area contributed by atoms with Crippen molar-refractivity contribution in [1.29, 1.82) is 0 Å². The van der Waals surface area contributed by atoms with Crippen molar-refractivity contribution >= 4 is 15.7 Å². The predicted octanol–water partition coefficient (Wildman–Crippen LogP) is 1.42. The minimum atomic E-state index is -4.20. The van der Waals surface area contributed by atoms with Crippen LogP contribution in [0.2, 0.25) is 0 Å². The molecule has 2 N–H and O–H groups in total. The van der Waals surface area contributed by atoms with Gasteiger partial charge in [-0.05, 0) is 24.5 Å². The van der Waals surface area contributed by atoms with Crippen LogP contribution in [0.1, 0.15) is 19.8 Å². The van der Waals surface area contributed by atoms with Gasteiger partial charge in [-0.2, -0.15) is 4.39 Å². The predicted molar refractivity (Wildman–Crippen MR) is 73.7 cm³/mol. The maximum absolute atomic E-state index is 13.5. The van der Waals surface area contributed by atoms with E-state index in [1.54, 1.807) is 0 Å². The molecule has 0 radical (unpaired) electrons. The molecule has 0 heterocycles. The number of nitrogens with one attached hydrogen (secondary N) is 1. The monoisotopic (exact) mass is 320 g/mol. The zero-order valence-corrected chi connectivity index (χ0v) is 12.3. The number of aliphatic hydroxyl groups is 1. The number of aliphatic hydroxyl groups excluding tert-OH is 1. The lowest BCUT2D eigenvalue weighted by Gasteiger charge is -2.14. The van der Waals surface area contributed by atoms with Gasteiger partial charge in [0.1, 0.15) is 0 Å². The number of nitro groups is 1. The summed E-state index contributed by atoms with van der Waals surface area (Å²) in [6.07, 6.45) is 1.04. The molecule has 0 aliphatic carbocycles. The van der Waals surface area contributed by atoms with Gasteiger partial charge in [0.25, 0.3) is 0 Å². The summed E-state index contributed by atoms with van der Waals surface area (Å²) in [6.45, 7) is 1.77. The van der Waals surface area contributed by atoms with E-state index < -0.39 is 31.3 Å². The van der Waals surface area contributed by atoms with Gasteiger partial charge in [-0.3, -0.25) is 10.1 Å². The molecule has 0 amide bonds. The zero-order valence-electron chi connectivity index (χ0n) is 11.5. The Morgan fingerprint density at radius 3 is 2.67 bits per heavy atom. The van der Waals surface area contributed by atoms with Crippen molar-refractivity contribution in [2.45, 2.75) is 24.7 Å². The molecule has 0 bridgehead atoms. The summed E-state index contributed by atoms with van der Waals surface area (Å²) < 4.78 is 39.9. The van der Waals surface area contributed by atoms with Crippen LogP contribution in [0.4, 0.5) is 10.1 Å². The molecular weight excluding hydrogens is 303 g/mol. The number of halogens is 1. The zero-order chi connectivity index (χ0) is 16.0. The quantitative estimate of drug-likeness (QED) is 0.556. The largest absolute Gasteiger partial charge is 0.396 e. The van der Waals surface area contributed by atoms with E-state index in [0.717, 1.165) is 18.2 Å². The highest BCUT2D eigenvalue weighted by atomic mass is 32.2. The second kappa shape index (κ2) is 7.43. The molecular formula is C12H17FN2O5S. The Labute approximate surface area is 122 Å². The second-order valence-electron chi connectivity index (χ2n) is 4.48. The van der Waals surface area contributed by atoms with Crippen molar-refractivity contribution in [3.63, 3.8) is 0 Å². The molecule has 0 saturated carbocycles. The van der Waals surface area contributed by atoms with E-state index in [1.807, 2.05) is 6.92 Å². The average molecular weight is 320 g/mol. The number of para-hydroxylation sites is 1. The lowest BCUT2D eigenvalue weighted by molar-refractivity contribution is -0.390. The summed E-state index contributed by atoms with van der Waals surface area (Å²) in [7, 11) is -4.20. The third kappa shape index (κ3) is 4.45. The third-order valence-corrected chi connectivity index (χ3v) is 4.55. The molecule has 0 aliphatic rings. The van der Waals surface area contributed by atoms with Crippen LogP contribution >= 0.6 is 0 Å². The van der Waals surface area contributed by atoms with E-state index in [-0.39, 0.29) is 19.1 Å². The molecule has 1 rings (SSSR count). The van der Waals surface area contributed by atoms with Crippen molar-refractivity contribution in [1.82, 2.24) is 4.72 Å². The van der Waals surface area contributed by atoms with E-state index in [1.165, 1.54) is 0 Å². The van der Waals surface area contributed by atoms with Crippen LogP contribution in [-0.2, 0) is 10.0 Å². The summed E-state index contributed by atoms with van der Waals surface area (Å²) in [6, 6.07) is 2.91. The molecule has 0 aliphatic heterocycles. The molecule has 1 atom stereocenters. The Morgan fingerprint density at radius 2 is 2.14 bits per heavy atom. The lowest BCUT2D eigenvalue weighted by Crippen LogP contribution is -2.30. The molecule has 0 saturated heterocycles. The third-order valence-electron chi connectivity index (χ3n) is 3.10. The number of sulfonamides is 1. The van der Waals surface area contributed by atoms with Crippen molar-refractivity contribution in [3.8, 4) is 0 Å². The van der Waals surface area contributed by atoms with Gasteiger partial charge in [0, 0.05) is 13.2 Å². The number of nitro benzene ring substituents is 1. The van der Waals surface area contributed by atoms with Gasteiger partial charge in [0.05, 0.1) is 4.92 Å². The van der Waals surface area contributed by atoms with Gasteiger partial charge >= 0.3 is 5.69 Å². The highest BCUT2D eigenvalue weighted by Crippen LogP contribution is 2.26. The summed E-state index contributed by atoms with van der Waals surface area (Å²) in [5.41, 5.74) is -1.07. The maximum Gasteiger partial charge on any atom is 0.324 e. The fraction of sp³-hybridized carbons (Fsp3) is 0.500. The molecule has 0 spiro atoms. The molecule has 0 aromatic heterocycles. The fourth-order valence-corrected chi connectivity index (χ4v) is 3.12. The summed E-state index contributed by atoms with van der Waals surface area (Å²) in [5.74, 6) is -1.30. The minimum absolute atomic E-state index is 0.0209. The Morgan fingerprint density at radius 1 is 1.48 bits per heavy atom. The first-order chi connectivity index (χ1) is 9.83. The minimum Gasteiger partial charge on any atom is -0.396 e. The van der Waals surface area contributed by atoms with Gasteiger partial charge < -0.3 is 5.11 Å². The molecule has 7 nitrogen and oxygen atoms in total. The van der Waals surface area contributed by atoms with Crippen LogP contribution in [0.25, 0.3) is 0 Å². The van der Waals surface area contributed by atoms with Crippen LogP contribution in [-0.4, -0.2) is 31.6 Å². The second-order valence-corrected chi connectivity index (χ2v) is 6.22. The smallest absolute Gasteiger partial charge is 0.324 e. The number of nitrogens with zero attached hydrogens (tertiary/aromatic N) is 1. The van der Waals surface area contributed by atoms with Crippen molar-refractivity contribution < 1.29 is 22.8 Å². The number of hydrogen-bond acceptors (Lipinski definition) is 5. The van der Waals surface area contributed by atoms with E-state index in [4.69, 9.17) is 5.11 Å². The molecule has 118 valence electrons. The Balaban J connectivity index is 3.04. The van der Waals surface area contributed by atoms with E-state index in [2.05, 4.69) is 4.72 Å². The summed E-state index contributed by atoms with van der Waals surface area (Å²) in [4.78, 5) is 9.06. The van der Waals surface area contributed by atoms with Gasteiger partial charge in [-0.1, -0.05) is 19.4 Å². The van der Waals surface area contributed by atoms with Crippen molar-refractivity contribution in [2.24, 2.45) is 5.92 Å². The van der Waals surface area contributed by atoms with Crippen LogP contribution in [0.15, 0.2) is 23.1 Å². The maximum atomic E-state index is 13.5. The molecule has 1 aromatic carbocycles. The standard InChI is InChI=1S/C12H17FN2O5S/c1-2-9(6-7-16)8-14-21(19,20)11-5-3-4-10(13)12(11)15(17)18/h3-5,9,14,16H,2,6-8H2,1H3. The van der Waals surface area contributed by atoms with Gasteiger partial charge in [0.2, 0.25) is 15.8 Å². The molecule has 1 unspecified atom stereocenters. The Hall–Kier alpha value is -1.58. The van der Waals surface area contributed by atoms with E-state index in [9.17, 15) is 22.9 Å². The normalized spacial score (nSPS) is 13.1. The number of benzene rings is 1. The van der Waals surface area contributed by atoms with Crippen LogP contribution in [0.5, 0.6) is 0 Å². The summed E-state index contributed by atoms with van der Waals surface area (Å²) in [5, 5.41) is 19.7. The lowest BCUT2D eigenvalue weighted by atomic mass is 10.0. The highest BCUT2D eigenvalue weighted by Gasteiger charge is 2.29.